The van der Waals surface area contributed by atoms with Crippen LogP contribution < -0.4 is 11.1 Å². The Hall–Kier alpha value is -1.77. The van der Waals surface area contributed by atoms with E-state index in [-0.39, 0.29) is 17.9 Å². The van der Waals surface area contributed by atoms with Crippen molar-refractivity contribution in [2.75, 3.05) is 18.4 Å². The maximum atomic E-state index is 12.8. The lowest BCUT2D eigenvalue weighted by molar-refractivity contribution is -0.131. The summed E-state index contributed by atoms with van der Waals surface area (Å²) >= 11 is 3.20. The van der Waals surface area contributed by atoms with Crippen LogP contribution in [0.15, 0.2) is 6.07 Å². The smallest absolute Gasteiger partial charge is 0.258 e. The van der Waals surface area contributed by atoms with Gasteiger partial charge in [-0.25, -0.2) is 4.98 Å². The van der Waals surface area contributed by atoms with Crippen LogP contribution >= 0.6 is 22.7 Å². The fourth-order valence-corrected chi connectivity index (χ4v) is 6.15. The highest BCUT2D eigenvalue weighted by atomic mass is 32.1. The summed E-state index contributed by atoms with van der Waals surface area (Å²) in [6, 6.07) is 2.02. The van der Waals surface area contributed by atoms with E-state index in [0.29, 0.717) is 23.7 Å². The predicted octanol–water partition coefficient (Wildman–Crippen LogP) is 3.27. The van der Waals surface area contributed by atoms with Gasteiger partial charge >= 0.3 is 0 Å². The number of thiazole rings is 1. The van der Waals surface area contributed by atoms with E-state index >= 15 is 0 Å². The van der Waals surface area contributed by atoms with Gasteiger partial charge in [0.2, 0.25) is 5.91 Å². The first-order chi connectivity index (χ1) is 13.1. The zero-order valence-corrected chi connectivity index (χ0v) is 17.0. The molecule has 1 aliphatic heterocycles. The maximum Gasteiger partial charge on any atom is 0.258 e. The molecule has 2 amide bonds. The molecule has 0 spiro atoms. The van der Waals surface area contributed by atoms with Gasteiger partial charge < -0.3 is 10.6 Å². The van der Waals surface area contributed by atoms with Gasteiger partial charge in [0.05, 0.1) is 17.3 Å². The molecule has 1 fully saturated rings. The predicted molar refractivity (Wildman–Crippen MR) is 109 cm³/mol. The van der Waals surface area contributed by atoms with Crippen molar-refractivity contribution in [3.63, 3.8) is 0 Å². The van der Waals surface area contributed by atoms with Crippen molar-refractivity contribution in [1.82, 2.24) is 9.88 Å². The fraction of sp³-hybridized carbons (Fsp3) is 0.526. The summed E-state index contributed by atoms with van der Waals surface area (Å²) in [5.41, 5.74) is 7.37. The maximum absolute atomic E-state index is 12.8. The number of aromatic nitrogens is 1. The van der Waals surface area contributed by atoms with Crippen LogP contribution in [0.25, 0.3) is 0 Å². The molecule has 2 aromatic heterocycles. The molecule has 2 aromatic rings. The number of hydrogen-bond donors (Lipinski definition) is 2. The Bertz CT molecular complexity index is 852. The number of likely N-dealkylation sites (tertiary alicyclic amines) is 1. The van der Waals surface area contributed by atoms with Crippen molar-refractivity contribution in [3.8, 4) is 0 Å². The monoisotopic (exact) mass is 404 g/mol. The average molecular weight is 405 g/mol. The standard InChI is InChI=1S/C19H24N4O2S2/c1-11-12(18(25)22-19-21-13-4-2-6-15(13)27-19)10-16(26-11)14-5-3-9-23(14)17(24)7-8-20/h10,14H,2-9,20H2,1H3,(H,21,22,25). The van der Waals surface area contributed by atoms with E-state index in [4.69, 9.17) is 5.73 Å². The third-order valence-electron chi connectivity index (χ3n) is 5.26. The summed E-state index contributed by atoms with van der Waals surface area (Å²) in [5, 5.41) is 3.66. The van der Waals surface area contributed by atoms with Crippen LogP contribution in [-0.2, 0) is 17.6 Å². The van der Waals surface area contributed by atoms with E-state index in [1.807, 2.05) is 17.9 Å². The second-order valence-electron chi connectivity index (χ2n) is 7.10. The summed E-state index contributed by atoms with van der Waals surface area (Å²) in [7, 11) is 0. The quantitative estimate of drug-likeness (QED) is 0.800. The van der Waals surface area contributed by atoms with Gasteiger partial charge in [-0.15, -0.1) is 22.7 Å². The number of nitrogens with two attached hydrogens (primary N) is 1. The minimum absolute atomic E-state index is 0.0676. The van der Waals surface area contributed by atoms with Crippen LogP contribution in [0.1, 0.15) is 62.4 Å². The zero-order chi connectivity index (χ0) is 19.0. The molecule has 0 aromatic carbocycles. The van der Waals surface area contributed by atoms with Gasteiger partial charge in [-0.2, -0.15) is 0 Å². The van der Waals surface area contributed by atoms with Gasteiger partial charge in [0, 0.05) is 34.1 Å². The number of hydrogen-bond acceptors (Lipinski definition) is 6. The van der Waals surface area contributed by atoms with Gasteiger partial charge in [-0.05, 0) is 45.1 Å². The SMILES string of the molecule is Cc1sc(C2CCCN2C(=O)CCN)cc1C(=O)Nc1nc2c(s1)CCC2. The Morgan fingerprint density at radius 3 is 2.96 bits per heavy atom. The summed E-state index contributed by atoms with van der Waals surface area (Å²) in [5.74, 6) is -0.00499. The van der Waals surface area contributed by atoms with Crippen LogP contribution in [0.5, 0.6) is 0 Å². The summed E-state index contributed by atoms with van der Waals surface area (Å²) in [4.78, 5) is 34.9. The molecule has 3 heterocycles. The van der Waals surface area contributed by atoms with Gasteiger partial charge in [-0.3, -0.25) is 14.9 Å². The number of nitrogens with one attached hydrogen (secondary N) is 1. The lowest BCUT2D eigenvalue weighted by atomic mass is 10.1. The molecule has 27 heavy (non-hydrogen) atoms. The number of carbonyl (C=O) groups excluding carboxylic acids is 2. The molecular weight excluding hydrogens is 380 g/mol. The molecule has 8 heteroatoms. The Morgan fingerprint density at radius 1 is 1.33 bits per heavy atom. The van der Waals surface area contributed by atoms with Crippen LogP contribution in [-0.4, -0.2) is 34.8 Å². The normalized spacial score (nSPS) is 18.7. The first-order valence-corrected chi connectivity index (χ1v) is 11.1. The van der Waals surface area contributed by atoms with Crippen molar-refractivity contribution in [2.45, 2.75) is 51.5 Å². The molecule has 144 valence electrons. The molecule has 2 aliphatic rings. The molecular formula is C19H24N4O2S2. The minimum atomic E-state index is -0.111. The number of rotatable bonds is 5. The number of nitrogens with zero attached hydrogens (tertiary/aromatic N) is 2. The Balaban J connectivity index is 1.50. The molecule has 0 bridgehead atoms. The van der Waals surface area contributed by atoms with E-state index in [1.54, 1.807) is 22.7 Å². The highest BCUT2D eigenvalue weighted by Gasteiger charge is 2.31. The largest absolute Gasteiger partial charge is 0.335 e. The lowest BCUT2D eigenvalue weighted by Crippen LogP contribution is -2.31. The Morgan fingerprint density at radius 2 is 2.19 bits per heavy atom. The average Bonchev–Trinajstić information content (AvgIpc) is 3.37. The van der Waals surface area contributed by atoms with E-state index in [0.717, 1.165) is 54.1 Å². The van der Waals surface area contributed by atoms with Crippen LogP contribution in [0.3, 0.4) is 0 Å². The highest BCUT2D eigenvalue weighted by Crippen LogP contribution is 2.38. The summed E-state index contributed by atoms with van der Waals surface area (Å²) < 4.78 is 0. The first kappa shape index (κ1) is 18.6. The van der Waals surface area contributed by atoms with E-state index in [1.165, 1.54) is 4.88 Å². The number of thiophene rings is 1. The topological polar surface area (TPSA) is 88.3 Å². The van der Waals surface area contributed by atoms with Crippen molar-refractivity contribution in [3.05, 3.63) is 32.0 Å². The highest BCUT2D eigenvalue weighted by molar-refractivity contribution is 7.16. The van der Waals surface area contributed by atoms with Crippen molar-refractivity contribution in [1.29, 1.82) is 0 Å². The van der Waals surface area contributed by atoms with Gasteiger partial charge in [0.15, 0.2) is 5.13 Å². The molecule has 1 atom stereocenters. The fourth-order valence-electron chi connectivity index (χ4n) is 3.93. The molecule has 0 saturated carbocycles. The molecule has 1 saturated heterocycles. The van der Waals surface area contributed by atoms with Crippen molar-refractivity contribution < 1.29 is 9.59 Å². The lowest BCUT2D eigenvalue weighted by Gasteiger charge is -2.23. The van der Waals surface area contributed by atoms with Gasteiger partial charge in [0.25, 0.3) is 5.91 Å². The third kappa shape index (κ3) is 3.66. The number of aryl methyl sites for hydroxylation is 3. The summed E-state index contributed by atoms with van der Waals surface area (Å²) in [6.45, 7) is 3.11. The van der Waals surface area contributed by atoms with Gasteiger partial charge in [-0.1, -0.05) is 0 Å². The van der Waals surface area contributed by atoms with Crippen LogP contribution in [0.4, 0.5) is 5.13 Å². The number of amides is 2. The number of anilines is 1. The Labute approximate surface area is 166 Å². The van der Waals surface area contributed by atoms with Crippen molar-refractivity contribution in [2.24, 2.45) is 5.73 Å². The second-order valence-corrected chi connectivity index (χ2v) is 9.47. The van der Waals surface area contributed by atoms with Crippen molar-refractivity contribution >= 4 is 39.6 Å². The number of carbonyl (C=O) groups is 2. The number of fused-ring (bicyclic) bond motifs is 1. The Kier molecular flexibility index (Phi) is 5.29. The summed E-state index contributed by atoms with van der Waals surface area (Å²) in [6.07, 6.45) is 5.55. The minimum Gasteiger partial charge on any atom is -0.335 e. The first-order valence-electron chi connectivity index (χ1n) is 9.46. The zero-order valence-electron chi connectivity index (χ0n) is 15.4. The van der Waals surface area contributed by atoms with Crippen LogP contribution in [0.2, 0.25) is 0 Å². The second kappa shape index (κ2) is 7.69. The van der Waals surface area contributed by atoms with E-state index in [2.05, 4.69) is 10.3 Å². The molecule has 0 radical (unpaired) electrons. The molecule has 6 nitrogen and oxygen atoms in total. The molecule has 3 N–H and O–H groups in total. The molecule has 1 aliphatic carbocycles. The third-order valence-corrected chi connectivity index (χ3v) is 7.48. The molecule has 1 unspecified atom stereocenters. The van der Waals surface area contributed by atoms with E-state index < -0.39 is 0 Å². The van der Waals surface area contributed by atoms with Crippen LogP contribution in [0, 0.1) is 6.92 Å². The van der Waals surface area contributed by atoms with Gasteiger partial charge in [0.1, 0.15) is 0 Å². The van der Waals surface area contributed by atoms with E-state index in [9.17, 15) is 9.59 Å². The molecule has 4 rings (SSSR count).